The quantitative estimate of drug-likeness (QED) is 0.601. The highest BCUT2D eigenvalue weighted by Gasteiger charge is 2.17. The van der Waals surface area contributed by atoms with Gasteiger partial charge in [0.05, 0.1) is 9.85 Å². The first-order valence-electron chi connectivity index (χ1n) is 6.34. The van der Waals surface area contributed by atoms with Crippen LogP contribution in [-0.2, 0) is 6.61 Å². The van der Waals surface area contributed by atoms with E-state index in [-0.39, 0.29) is 23.6 Å². The SMILES string of the molecule is O=[N+]([O-])C=Cc1c(OCc2ccccc2)cccc1[N+](=O)[O-]. The van der Waals surface area contributed by atoms with Crippen LogP contribution in [0.25, 0.3) is 6.08 Å². The molecule has 0 heterocycles. The van der Waals surface area contributed by atoms with Crippen molar-refractivity contribution in [3.8, 4) is 5.75 Å². The maximum absolute atomic E-state index is 11.0. The number of nitro benzene ring substituents is 1. The lowest BCUT2D eigenvalue weighted by molar-refractivity contribution is -0.401. The second-order valence-electron chi connectivity index (χ2n) is 4.32. The zero-order valence-electron chi connectivity index (χ0n) is 11.4. The summed E-state index contributed by atoms with van der Waals surface area (Å²) in [5.41, 5.74) is 0.710. The summed E-state index contributed by atoms with van der Waals surface area (Å²) in [4.78, 5) is 20.2. The molecule has 2 aromatic rings. The van der Waals surface area contributed by atoms with Crippen molar-refractivity contribution >= 4 is 11.8 Å². The number of ether oxygens (including phenoxy) is 1. The van der Waals surface area contributed by atoms with Crippen LogP contribution in [0.5, 0.6) is 5.75 Å². The fourth-order valence-electron chi connectivity index (χ4n) is 1.86. The summed E-state index contributed by atoms with van der Waals surface area (Å²) >= 11 is 0. The van der Waals surface area contributed by atoms with Crippen LogP contribution in [0, 0.1) is 20.2 Å². The molecule has 0 aliphatic carbocycles. The van der Waals surface area contributed by atoms with E-state index < -0.39 is 9.85 Å². The lowest BCUT2D eigenvalue weighted by Gasteiger charge is -2.09. The predicted molar refractivity (Wildman–Crippen MR) is 79.9 cm³/mol. The van der Waals surface area contributed by atoms with Crippen LogP contribution in [0.1, 0.15) is 11.1 Å². The topological polar surface area (TPSA) is 95.5 Å². The maximum atomic E-state index is 11.0. The molecule has 0 aromatic heterocycles. The second-order valence-corrected chi connectivity index (χ2v) is 4.32. The molecule has 0 spiro atoms. The first-order chi connectivity index (χ1) is 10.6. The summed E-state index contributed by atoms with van der Waals surface area (Å²) in [5, 5.41) is 21.5. The van der Waals surface area contributed by atoms with Crippen LogP contribution in [0.2, 0.25) is 0 Å². The molecule has 112 valence electrons. The van der Waals surface area contributed by atoms with E-state index in [2.05, 4.69) is 0 Å². The summed E-state index contributed by atoms with van der Waals surface area (Å²) in [5.74, 6) is 0.219. The fourth-order valence-corrected chi connectivity index (χ4v) is 1.86. The van der Waals surface area contributed by atoms with Crippen LogP contribution in [0.15, 0.2) is 54.7 Å². The molecule has 0 atom stereocenters. The van der Waals surface area contributed by atoms with E-state index in [1.54, 1.807) is 0 Å². The molecular formula is C15H12N2O5. The molecule has 22 heavy (non-hydrogen) atoms. The van der Waals surface area contributed by atoms with Gasteiger partial charge in [-0.05, 0) is 11.6 Å². The molecule has 0 amide bonds. The summed E-state index contributed by atoms with van der Waals surface area (Å²) < 4.78 is 5.57. The van der Waals surface area contributed by atoms with Gasteiger partial charge in [-0.25, -0.2) is 0 Å². The Labute approximate surface area is 125 Å². The van der Waals surface area contributed by atoms with E-state index in [1.807, 2.05) is 30.3 Å². The largest absolute Gasteiger partial charge is 0.488 e. The van der Waals surface area contributed by atoms with Gasteiger partial charge in [0.15, 0.2) is 0 Å². The predicted octanol–water partition coefficient (Wildman–Crippen LogP) is 3.42. The highest BCUT2D eigenvalue weighted by atomic mass is 16.6. The minimum atomic E-state index is -0.683. The van der Waals surface area contributed by atoms with Gasteiger partial charge in [-0.15, -0.1) is 0 Å². The molecule has 0 radical (unpaired) electrons. The van der Waals surface area contributed by atoms with Gasteiger partial charge in [0.25, 0.3) is 5.69 Å². The number of rotatable bonds is 6. The van der Waals surface area contributed by atoms with Gasteiger partial charge in [-0.2, -0.15) is 0 Å². The van der Waals surface area contributed by atoms with Crippen molar-refractivity contribution in [1.82, 2.24) is 0 Å². The van der Waals surface area contributed by atoms with E-state index >= 15 is 0 Å². The molecule has 7 heteroatoms. The average Bonchev–Trinajstić information content (AvgIpc) is 2.51. The van der Waals surface area contributed by atoms with Gasteiger partial charge in [0, 0.05) is 12.1 Å². The molecule has 2 aromatic carbocycles. The molecule has 0 saturated heterocycles. The van der Waals surface area contributed by atoms with Crippen molar-refractivity contribution in [2.75, 3.05) is 0 Å². The maximum Gasteiger partial charge on any atom is 0.280 e. The van der Waals surface area contributed by atoms with E-state index in [0.717, 1.165) is 11.6 Å². The first-order valence-corrected chi connectivity index (χ1v) is 6.34. The minimum absolute atomic E-state index is 0.0696. The molecule has 7 nitrogen and oxygen atoms in total. The molecule has 0 bridgehead atoms. The Morgan fingerprint density at radius 2 is 1.73 bits per heavy atom. The Morgan fingerprint density at radius 1 is 1.00 bits per heavy atom. The van der Waals surface area contributed by atoms with E-state index in [4.69, 9.17) is 4.74 Å². The molecule has 2 rings (SSSR count). The number of nitrogens with zero attached hydrogens (tertiary/aromatic N) is 2. The average molecular weight is 300 g/mol. The Balaban J connectivity index is 2.31. The number of benzene rings is 2. The van der Waals surface area contributed by atoms with Crippen molar-refractivity contribution in [2.45, 2.75) is 6.61 Å². The summed E-state index contributed by atoms with van der Waals surface area (Å²) in [7, 11) is 0. The Hall–Kier alpha value is -3.22. The number of hydrogen-bond donors (Lipinski definition) is 0. The Morgan fingerprint density at radius 3 is 2.36 bits per heavy atom. The number of nitro groups is 2. The normalized spacial score (nSPS) is 10.5. The van der Waals surface area contributed by atoms with Crippen LogP contribution in [0.4, 0.5) is 5.69 Å². The van der Waals surface area contributed by atoms with Crippen LogP contribution in [0.3, 0.4) is 0 Å². The molecule has 0 aliphatic heterocycles. The van der Waals surface area contributed by atoms with Crippen molar-refractivity contribution in [1.29, 1.82) is 0 Å². The Kier molecular flexibility index (Phi) is 4.81. The third-order valence-corrected chi connectivity index (χ3v) is 2.84. The van der Waals surface area contributed by atoms with Crippen LogP contribution < -0.4 is 4.74 Å². The van der Waals surface area contributed by atoms with E-state index in [0.29, 0.717) is 6.20 Å². The Bertz CT molecular complexity index is 713. The van der Waals surface area contributed by atoms with Gasteiger partial charge in [0.2, 0.25) is 6.20 Å². The fraction of sp³-hybridized carbons (Fsp3) is 0.0667. The van der Waals surface area contributed by atoms with Crippen LogP contribution >= 0.6 is 0 Å². The van der Waals surface area contributed by atoms with Crippen molar-refractivity contribution < 1.29 is 14.6 Å². The molecule has 0 saturated carbocycles. The zero-order valence-corrected chi connectivity index (χ0v) is 11.4. The van der Waals surface area contributed by atoms with Gasteiger partial charge in [0.1, 0.15) is 17.9 Å². The molecular weight excluding hydrogens is 288 g/mol. The number of hydrogen-bond acceptors (Lipinski definition) is 5. The van der Waals surface area contributed by atoms with Crippen molar-refractivity contribution in [2.24, 2.45) is 0 Å². The molecule has 0 aliphatic rings. The molecule has 0 N–H and O–H groups in total. The molecule has 0 fully saturated rings. The third kappa shape index (κ3) is 3.89. The van der Waals surface area contributed by atoms with Gasteiger partial charge in [-0.3, -0.25) is 20.2 Å². The summed E-state index contributed by atoms with van der Waals surface area (Å²) in [6.45, 7) is 0.210. The lowest BCUT2D eigenvalue weighted by atomic mass is 10.1. The van der Waals surface area contributed by atoms with Gasteiger partial charge < -0.3 is 4.74 Å². The third-order valence-electron chi connectivity index (χ3n) is 2.84. The van der Waals surface area contributed by atoms with Crippen LogP contribution in [-0.4, -0.2) is 9.85 Å². The highest BCUT2D eigenvalue weighted by molar-refractivity contribution is 5.66. The lowest BCUT2D eigenvalue weighted by Crippen LogP contribution is -2.00. The molecule has 0 unspecified atom stereocenters. The monoisotopic (exact) mass is 300 g/mol. The van der Waals surface area contributed by atoms with E-state index in [9.17, 15) is 20.2 Å². The second kappa shape index (κ2) is 6.98. The standard InChI is InChI=1S/C15H12N2O5/c18-16(19)10-9-13-14(17(20)21)7-4-8-15(13)22-11-12-5-2-1-3-6-12/h1-10H,11H2. The smallest absolute Gasteiger partial charge is 0.280 e. The first kappa shape index (κ1) is 15.2. The van der Waals surface area contributed by atoms with Crippen molar-refractivity contribution in [3.05, 3.63) is 86.1 Å². The van der Waals surface area contributed by atoms with E-state index in [1.165, 1.54) is 18.2 Å². The van der Waals surface area contributed by atoms with Crippen molar-refractivity contribution in [3.63, 3.8) is 0 Å². The van der Waals surface area contributed by atoms with Gasteiger partial charge >= 0.3 is 0 Å². The summed E-state index contributed by atoms with van der Waals surface area (Å²) in [6, 6.07) is 13.5. The summed E-state index contributed by atoms with van der Waals surface area (Å²) in [6.07, 6.45) is 1.72. The van der Waals surface area contributed by atoms with Gasteiger partial charge in [-0.1, -0.05) is 36.4 Å². The minimum Gasteiger partial charge on any atom is -0.488 e. The zero-order chi connectivity index (χ0) is 15.9. The highest BCUT2D eigenvalue weighted by Crippen LogP contribution is 2.30.